The van der Waals surface area contributed by atoms with Crippen molar-refractivity contribution in [3.8, 4) is 29.5 Å². The molecule has 8 nitrogen and oxygen atoms in total. The first-order valence-electron chi connectivity index (χ1n) is 8.87. The van der Waals surface area contributed by atoms with E-state index in [1.54, 1.807) is 19.2 Å². The van der Waals surface area contributed by atoms with Crippen LogP contribution >= 0.6 is 0 Å². The van der Waals surface area contributed by atoms with Crippen LogP contribution in [0.15, 0.2) is 23.0 Å². The summed E-state index contributed by atoms with van der Waals surface area (Å²) >= 11 is 0. The van der Waals surface area contributed by atoms with Crippen molar-refractivity contribution in [1.82, 2.24) is 19.7 Å². The fourth-order valence-electron chi connectivity index (χ4n) is 3.31. The molecule has 1 aromatic carbocycles. The van der Waals surface area contributed by atoms with Crippen molar-refractivity contribution >= 4 is 5.82 Å². The maximum Gasteiger partial charge on any atom is 0.296 e. The number of aliphatic hydroxyl groups excluding tert-OH is 1. The summed E-state index contributed by atoms with van der Waals surface area (Å²) in [4.78, 5) is 14.9. The lowest BCUT2D eigenvalue weighted by molar-refractivity contribution is 0.166. The molecular weight excluding hydrogens is 346 g/mol. The Bertz CT molecular complexity index is 917. The van der Waals surface area contributed by atoms with E-state index in [1.165, 1.54) is 10.6 Å². The summed E-state index contributed by atoms with van der Waals surface area (Å²) in [6.45, 7) is 2.41. The van der Waals surface area contributed by atoms with Crippen LogP contribution in [-0.2, 0) is 7.05 Å². The highest BCUT2D eigenvalue weighted by Gasteiger charge is 2.22. The predicted molar refractivity (Wildman–Crippen MR) is 102 cm³/mol. The van der Waals surface area contributed by atoms with E-state index in [-0.39, 0.29) is 35.6 Å². The summed E-state index contributed by atoms with van der Waals surface area (Å²) in [7, 11) is 1.59. The summed E-state index contributed by atoms with van der Waals surface area (Å²) in [5.41, 5.74) is 0.608. The smallest absolute Gasteiger partial charge is 0.296 e. The molecular formula is C19H23N5O3. The second-order valence-electron chi connectivity index (χ2n) is 6.62. The number of hydrogen-bond donors (Lipinski definition) is 3. The van der Waals surface area contributed by atoms with E-state index in [4.69, 9.17) is 11.5 Å². The van der Waals surface area contributed by atoms with Crippen LogP contribution in [0.4, 0.5) is 5.82 Å². The number of nitrogens with one attached hydrogen (secondary N) is 1. The van der Waals surface area contributed by atoms with Gasteiger partial charge in [0.2, 0.25) is 5.82 Å². The number of aromatic hydroxyl groups is 1. The van der Waals surface area contributed by atoms with Crippen LogP contribution in [-0.4, -0.2) is 62.2 Å². The average Bonchev–Trinajstić information content (AvgIpc) is 2.67. The molecule has 3 N–H and O–H groups in total. The van der Waals surface area contributed by atoms with E-state index < -0.39 is 0 Å². The third-order valence-electron chi connectivity index (χ3n) is 4.74. The van der Waals surface area contributed by atoms with Crippen molar-refractivity contribution in [3.63, 3.8) is 0 Å². The maximum atomic E-state index is 12.7. The van der Waals surface area contributed by atoms with Crippen LogP contribution in [0.5, 0.6) is 5.75 Å². The van der Waals surface area contributed by atoms with Gasteiger partial charge in [-0.1, -0.05) is 5.92 Å². The molecule has 1 aliphatic heterocycles. The minimum Gasteiger partial charge on any atom is -0.507 e. The Balaban J connectivity index is 1.83. The van der Waals surface area contributed by atoms with Crippen molar-refractivity contribution in [2.75, 3.05) is 31.6 Å². The molecule has 0 unspecified atom stereocenters. The highest BCUT2D eigenvalue weighted by Crippen LogP contribution is 2.27. The van der Waals surface area contributed by atoms with Gasteiger partial charge in [-0.2, -0.15) is 0 Å². The number of nitrogens with zero attached hydrogens (tertiary/aromatic N) is 4. The largest absolute Gasteiger partial charge is 0.507 e. The van der Waals surface area contributed by atoms with Crippen LogP contribution < -0.4 is 10.9 Å². The first-order valence-corrected chi connectivity index (χ1v) is 8.87. The Morgan fingerprint density at radius 1 is 1.41 bits per heavy atom. The van der Waals surface area contributed by atoms with Crippen molar-refractivity contribution in [2.24, 2.45) is 7.05 Å². The van der Waals surface area contributed by atoms with E-state index in [2.05, 4.69) is 26.3 Å². The number of phenols is 1. The van der Waals surface area contributed by atoms with Gasteiger partial charge in [-0.3, -0.25) is 14.3 Å². The normalized spacial score (nSPS) is 17.4. The molecule has 3 rings (SSSR count). The highest BCUT2D eigenvalue weighted by atomic mass is 16.3. The number of hydrogen-bond acceptors (Lipinski definition) is 7. The minimum absolute atomic E-state index is 0.0533. The lowest BCUT2D eigenvalue weighted by Gasteiger charge is -2.32. The lowest BCUT2D eigenvalue weighted by atomic mass is 10.1. The number of rotatable bonds is 5. The number of anilines is 1. The average molecular weight is 369 g/mol. The molecule has 1 saturated heterocycles. The number of likely N-dealkylation sites (tertiary alicyclic amines) is 1. The lowest BCUT2D eigenvalue weighted by Crippen LogP contribution is -2.44. The zero-order valence-corrected chi connectivity index (χ0v) is 15.2. The fourth-order valence-corrected chi connectivity index (χ4v) is 3.31. The Kier molecular flexibility index (Phi) is 5.74. The van der Waals surface area contributed by atoms with E-state index in [0.29, 0.717) is 17.7 Å². The number of phenolic OH excluding ortho intramolecular Hbond substituents is 1. The van der Waals surface area contributed by atoms with E-state index in [0.717, 1.165) is 25.9 Å². The fraction of sp³-hybridized carbons (Fsp3) is 0.421. The van der Waals surface area contributed by atoms with Crippen LogP contribution in [0.1, 0.15) is 18.4 Å². The number of piperidine rings is 1. The van der Waals surface area contributed by atoms with Crippen molar-refractivity contribution in [3.05, 3.63) is 34.1 Å². The Morgan fingerprint density at radius 3 is 2.93 bits per heavy atom. The topological polar surface area (TPSA) is 104 Å². The zero-order valence-electron chi connectivity index (χ0n) is 15.2. The van der Waals surface area contributed by atoms with Crippen LogP contribution in [0, 0.1) is 12.3 Å². The second kappa shape index (κ2) is 8.20. The molecule has 1 atom stereocenters. The Hall–Kier alpha value is -2.89. The molecule has 0 aliphatic carbocycles. The number of β-amino-alcohol motifs (C(OH)–C–C–N with tert-alkyl or cyclic N) is 1. The van der Waals surface area contributed by atoms with E-state index in [9.17, 15) is 9.90 Å². The number of aliphatic hydroxyl groups is 1. The summed E-state index contributed by atoms with van der Waals surface area (Å²) in [6, 6.07) is 4.81. The summed E-state index contributed by atoms with van der Waals surface area (Å²) < 4.78 is 1.36. The standard InChI is InChI=1S/C19H23N5O3/c1-3-13-6-7-15(16(26)11-13)18-22-21-17(19(27)23(18)2)20-14-5-4-8-24(12-14)9-10-25/h1,6-7,11,14,25-26H,4-5,8-10,12H2,2H3,(H,20,21)/t14-/m1/s1. The van der Waals surface area contributed by atoms with E-state index in [1.807, 2.05) is 0 Å². The van der Waals surface area contributed by atoms with Gasteiger partial charge in [-0.05, 0) is 37.6 Å². The SMILES string of the molecule is C#Cc1ccc(-c2nnc(N[C@@H]3CCCN(CCO)C3)c(=O)n2C)c(O)c1. The van der Waals surface area contributed by atoms with Gasteiger partial charge in [-0.25, -0.2) is 0 Å². The first kappa shape index (κ1) is 18.9. The van der Waals surface area contributed by atoms with E-state index >= 15 is 0 Å². The third kappa shape index (κ3) is 4.10. The van der Waals surface area contributed by atoms with Gasteiger partial charge < -0.3 is 15.5 Å². The molecule has 1 aliphatic rings. The molecule has 2 heterocycles. The van der Waals surface area contributed by atoms with Gasteiger partial charge in [0, 0.05) is 31.7 Å². The molecule has 0 saturated carbocycles. The maximum absolute atomic E-state index is 12.7. The van der Waals surface area contributed by atoms with Gasteiger partial charge in [0.25, 0.3) is 5.56 Å². The van der Waals surface area contributed by atoms with Crippen LogP contribution in [0.25, 0.3) is 11.4 Å². The van der Waals surface area contributed by atoms with Gasteiger partial charge in [0.1, 0.15) is 5.75 Å². The molecule has 0 amide bonds. The van der Waals surface area contributed by atoms with Crippen molar-refractivity contribution < 1.29 is 10.2 Å². The summed E-state index contributed by atoms with van der Waals surface area (Å²) in [6.07, 6.45) is 7.23. The van der Waals surface area contributed by atoms with Crippen molar-refractivity contribution in [2.45, 2.75) is 18.9 Å². The summed E-state index contributed by atoms with van der Waals surface area (Å²) in [5.74, 6) is 2.83. The van der Waals surface area contributed by atoms with Gasteiger partial charge in [0.15, 0.2) is 5.82 Å². The number of terminal acetylenes is 1. The molecule has 0 radical (unpaired) electrons. The van der Waals surface area contributed by atoms with Gasteiger partial charge in [-0.15, -0.1) is 16.6 Å². The molecule has 142 valence electrons. The molecule has 8 heteroatoms. The second-order valence-corrected chi connectivity index (χ2v) is 6.62. The molecule has 1 fully saturated rings. The molecule has 0 spiro atoms. The molecule has 27 heavy (non-hydrogen) atoms. The minimum atomic E-state index is -0.320. The molecule has 1 aromatic heterocycles. The monoisotopic (exact) mass is 369 g/mol. The predicted octanol–water partition coefficient (Wildman–Crippen LogP) is 0.398. The quantitative estimate of drug-likeness (QED) is 0.656. The van der Waals surface area contributed by atoms with Gasteiger partial charge >= 0.3 is 0 Å². The first-order chi connectivity index (χ1) is 13.0. The molecule has 0 bridgehead atoms. The summed E-state index contributed by atoms with van der Waals surface area (Å²) in [5, 5.41) is 30.6. The Morgan fingerprint density at radius 2 is 2.22 bits per heavy atom. The highest BCUT2D eigenvalue weighted by molar-refractivity contribution is 5.65. The van der Waals surface area contributed by atoms with Crippen LogP contribution in [0.3, 0.4) is 0 Å². The zero-order chi connectivity index (χ0) is 19.4. The molecule has 2 aromatic rings. The number of benzene rings is 1. The number of aromatic nitrogens is 3. The van der Waals surface area contributed by atoms with Gasteiger partial charge in [0.05, 0.1) is 12.2 Å². The Labute approximate surface area is 157 Å². The van der Waals surface area contributed by atoms with Crippen molar-refractivity contribution in [1.29, 1.82) is 0 Å². The third-order valence-corrected chi connectivity index (χ3v) is 4.74. The van der Waals surface area contributed by atoms with Crippen LogP contribution in [0.2, 0.25) is 0 Å².